The topological polar surface area (TPSA) is 40.1 Å². The van der Waals surface area contributed by atoms with Gasteiger partial charge in [-0.2, -0.15) is 0 Å². The number of rotatable bonds is 1. The monoisotopic (exact) mass is 177 g/mol. The lowest BCUT2D eigenvalue weighted by atomic mass is 9.95. The summed E-state index contributed by atoms with van der Waals surface area (Å²) in [6, 6.07) is 1.67. The van der Waals surface area contributed by atoms with Crippen LogP contribution in [0.25, 0.3) is 0 Å². The van der Waals surface area contributed by atoms with E-state index >= 15 is 0 Å². The molecule has 0 saturated heterocycles. The normalized spacial score (nSPS) is 10.2. The number of carbonyl (C=O) groups excluding carboxylic acids is 1. The highest BCUT2D eigenvalue weighted by atomic mass is 16.4. The van der Waals surface area contributed by atoms with Crippen molar-refractivity contribution < 1.29 is 9.90 Å². The van der Waals surface area contributed by atoms with Gasteiger partial charge in [-0.05, 0) is 56.0 Å². The fourth-order valence-corrected chi connectivity index (χ4v) is 1.42. The fraction of sp³-hybridized carbons (Fsp3) is 0.364. The lowest BCUT2D eigenvalue weighted by Crippen LogP contribution is -2.24. The van der Waals surface area contributed by atoms with Gasteiger partial charge in [-0.25, -0.2) is 0 Å². The SMILES string of the molecule is Cc1cc(C(=O)[O-])c(C)c(C)c1C. The van der Waals surface area contributed by atoms with E-state index in [1.54, 1.807) is 6.07 Å². The summed E-state index contributed by atoms with van der Waals surface area (Å²) in [7, 11) is 0. The molecule has 0 atom stereocenters. The highest BCUT2D eigenvalue weighted by molar-refractivity contribution is 5.88. The number of aromatic carboxylic acids is 1. The van der Waals surface area contributed by atoms with Crippen LogP contribution in [0.2, 0.25) is 0 Å². The first-order chi connectivity index (χ1) is 5.95. The predicted molar refractivity (Wildman–Crippen MR) is 49.7 cm³/mol. The van der Waals surface area contributed by atoms with Crippen molar-refractivity contribution in [2.45, 2.75) is 27.7 Å². The summed E-state index contributed by atoms with van der Waals surface area (Å²) in [5, 5.41) is 10.7. The van der Waals surface area contributed by atoms with Gasteiger partial charge in [-0.1, -0.05) is 0 Å². The van der Waals surface area contributed by atoms with Gasteiger partial charge in [-0.15, -0.1) is 0 Å². The molecule has 0 aromatic heterocycles. The highest BCUT2D eigenvalue weighted by Crippen LogP contribution is 2.20. The van der Waals surface area contributed by atoms with Crippen LogP contribution in [-0.4, -0.2) is 5.97 Å². The molecule has 0 spiro atoms. The maximum absolute atomic E-state index is 10.7. The quantitative estimate of drug-likeness (QED) is 0.648. The van der Waals surface area contributed by atoms with Gasteiger partial charge in [0, 0.05) is 5.56 Å². The van der Waals surface area contributed by atoms with Crippen LogP contribution in [0.1, 0.15) is 32.6 Å². The van der Waals surface area contributed by atoms with E-state index in [0.29, 0.717) is 5.56 Å². The Morgan fingerprint density at radius 3 is 2.08 bits per heavy atom. The van der Waals surface area contributed by atoms with Gasteiger partial charge < -0.3 is 9.90 Å². The molecule has 0 radical (unpaired) electrons. The van der Waals surface area contributed by atoms with E-state index < -0.39 is 5.97 Å². The minimum atomic E-state index is -1.09. The zero-order valence-corrected chi connectivity index (χ0v) is 8.39. The minimum absolute atomic E-state index is 0.306. The Kier molecular flexibility index (Phi) is 2.41. The number of aryl methyl sites for hydroxylation is 1. The smallest absolute Gasteiger partial charge is 0.0718 e. The number of carboxylic acids is 1. The number of hydrogen-bond donors (Lipinski definition) is 0. The fourth-order valence-electron chi connectivity index (χ4n) is 1.42. The molecule has 0 amide bonds. The Morgan fingerprint density at radius 1 is 1.08 bits per heavy atom. The molecule has 2 nitrogen and oxygen atoms in total. The Labute approximate surface area is 78.2 Å². The summed E-state index contributed by atoms with van der Waals surface area (Å²) in [6.07, 6.45) is 0. The average molecular weight is 177 g/mol. The summed E-state index contributed by atoms with van der Waals surface area (Å²) >= 11 is 0. The van der Waals surface area contributed by atoms with Gasteiger partial charge in [-0.3, -0.25) is 0 Å². The van der Waals surface area contributed by atoms with Crippen LogP contribution in [-0.2, 0) is 0 Å². The van der Waals surface area contributed by atoms with Crippen molar-refractivity contribution in [3.63, 3.8) is 0 Å². The number of hydrogen-bond acceptors (Lipinski definition) is 2. The van der Waals surface area contributed by atoms with E-state index in [0.717, 1.165) is 22.3 Å². The summed E-state index contributed by atoms with van der Waals surface area (Å²) in [5.41, 5.74) is 4.31. The Balaban J connectivity index is 3.50. The molecule has 13 heavy (non-hydrogen) atoms. The molecule has 0 saturated carbocycles. The van der Waals surface area contributed by atoms with E-state index in [1.165, 1.54) is 0 Å². The van der Waals surface area contributed by atoms with Crippen molar-refractivity contribution in [3.05, 3.63) is 33.9 Å². The van der Waals surface area contributed by atoms with Gasteiger partial charge in [0.15, 0.2) is 0 Å². The molecule has 0 fully saturated rings. The molecule has 70 valence electrons. The van der Waals surface area contributed by atoms with Crippen molar-refractivity contribution in [1.29, 1.82) is 0 Å². The zero-order valence-electron chi connectivity index (χ0n) is 8.39. The van der Waals surface area contributed by atoms with E-state index in [4.69, 9.17) is 0 Å². The largest absolute Gasteiger partial charge is 0.545 e. The molecular formula is C11H13O2-. The van der Waals surface area contributed by atoms with Crippen LogP contribution in [0.3, 0.4) is 0 Å². The molecule has 0 heterocycles. The number of carboxylic acid groups (broad SMARTS) is 1. The molecule has 1 rings (SSSR count). The second-order valence-electron chi connectivity index (χ2n) is 3.40. The second kappa shape index (κ2) is 3.21. The van der Waals surface area contributed by atoms with Crippen molar-refractivity contribution >= 4 is 5.97 Å². The lowest BCUT2D eigenvalue weighted by Gasteiger charge is -2.14. The number of carbonyl (C=O) groups is 1. The molecule has 2 heteroatoms. The molecule has 0 aliphatic rings. The first kappa shape index (κ1) is 9.78. The molecule has 0 bridgehead atoms. The standard InChI is InChI=1S/C11H14O2/c1-6-5-10(11(12)13)9(4)8(3)7(6)2/h5H,1-4H3,(H,12,13)/p-1. The van der Waals surface area contributed by atoms with Gasteiger partial charge >= 0.3 is 0 Å². The second-order valence-corrected chi connectivity index (χ2v) is 3.40. The third kappa shape index (κ3) is 1.57. The molecule has 0 N–H and O–H groups in total. The van der Waals surface area contributed by atoms with Crippen molar-refractivity contribution in [3.8, 4) is 0 Å². The first-order valence-electron chi connectivity index (χ1n) is 4.24. The maximum Gasteiger partial charge on any atom is 0.0718 e. The van der Waals surface area contributed by atoms with Crippen LogP contribution in [0.5, 0.6) is 0 Å². The van der Waals surface area contributed by atoms with E-state index in [-0.39, 0.29) is 0 Å². The highest BCUT2D eigenvalue weighted by Gasteiger charge is 2.06. The summed E-state index contributed by atoms with van der Waals surface area (Å²) in [4.78, 5) is 10.7. The predicted octanol–water partition coefficient (Wildman–Crippen LogP) is 1.28. The third-order valence-electron chi connectivity index (χ3n) is 2.70. The van der Waals surface area contributed by atoms with Crippen LogP contribution in [0, 0.1) is 27.7 Å². The number of benzene rings is 1. The van der Waals surface area contributed by atoms with Gasteiger partial charge in [0.1, 0.15) is 0 Å². The first-order valence-corrected chi connectivity index (χ1v) is 4.24. The molecule has 1 aromatic rings. The van der Waals surface area contributed by atoms with Gasteiger partial charge in [0.25, 0.3) is 0 Å². The van der Waals surface area contributed by atoms with Crippen LogP contribution >= 0.6 is 0 Å². The van der Waals surface area contributed by atoms with E-state index in [1.807, 2.05) is 27.7 Å². The lowest BCUT2D eigenvalue weighted by molar-refractivity contribution is -0.255. The maximum atomic E-state index is 10.7. The molecule has 0 aliphatic heterocycles. The van der Waals surface area contributed by atoms with Crippen molar-refractivity contribution in [2.75, 3.05) is 0 Å². The van der Waals surface area contributed by atoms with E-state index in [9.17, 15) is 9.90 Å². The van der Waals surface area contributed by atoms with Gasteiger partial charge in [0.2, 0.25) is 0 Å². The van der Waals surface area contributed by atoms with Crippen LogP contribution in [0.4, 0.5) is 0 Å². The third-order valence-corrected chi connectivity index (χ3v) is 2.70. The Bertz CT molecular complexity index is 365. The Hall–Kier alpha value is -1.31. The summed E-state index contributed by atoms with van der Waals surface area (Å²) in [6.45, 7) is 7.65. The van der Waals surface area contributed by atoms with Gasteiger partial charge in [0.05, 0.1) is 5.97 Å². The molecular weight excluding hydrogens is 164 g/mol. The average Bonchev–Trinajstić information content (AvgIpc) is 2.07. The molecule has 0 aliphatic carbocycles. The van der Waals surface area contributed by atoms with Crippen LogP contribution < -0.4 is 5.11 Å². The van der Waals surface area contributed by atoms with Crippen molar-refractivity contribution in [1.82, 2.24) is 0 Å². The molecule has 1 aromatic carbocycles. The summed E-state index contributed by atoms with van der Waals surface area (Å²) in [5.74, 6) is -1.09. The Morgan fingerprint density at radius 2 is 1.62 bits per heavy atom. The zero-order chi connectivity index (χ0) is 10.2. The minimum Gasteiger partial charge on any atom is -0.545 e. The van der Waals surface area contributed by atoms with E-state index in [2.05, 4.69) is 0 Å². The summed E-state index contributed by atoms with van der Waals surface area (Å²) < 4.78 is 0. The molecule has 0 unspecified atom stereocenters. The van der Waals surface area contributed by atoms with Crippen molar-refractivity contribution in [2.24, 2.45) is 0 Å². The van der Waals surface area contributed by atoms with Crippen LogP contribution in [0.15, 0.2) is 6.07 Å².